The molecule has 0 spiro atoms. The number of benzene rings is 2. The average molecular weight is 474 g/mol. The summed E-state index contributed by atoms with van der Waals surface area (Å²) in [6.07, 6.45) is 0.836. The molecule has 2 aromatic carbocycles. The number of aromatic nitrogens is 5. The number of alkyl halides is 1. The van der Waals surface area contributed by atoms with Gasteiger partial charge in [0.1, 0.15) is 29.2 Å². The lowest BCUT2D eigenvalue weighted by molar-refractivity contribution is 0.0845. The summed E-state index contributed by atoms with van der Waals surface area (Å²) >= 11 is 0. The highest BCUT2D eigenvalue weighted by molar-refractivity contribution is 6.01. The van der Waals surface area contributed by atoms with Crippen LogP contribution in [0.1, 0.15) is 10.4 Å². The summed E-state index contributed by atoms with van der Waals surface area (Å²) in [4.78, 5) is 14.1. The Morgan fingerprint density at radius 2 is 1.79 bits per heavy atom. The Kier molecular flexibility index (Phi) is 6.68. The van der Waals surface area contributed by atoms with Crippen molar-refractivity contribution in [2.75, 3.05) is 6.61 Å². The smallest absolute Gasteiger partial charge is 0.252 e. The summed E-state index contributed by atoms with van der Waals surface area (Å²) in [6, 6.07) is 7.11. The standard InChI is InChI=1S/C22H18F4N6O2/c23-13-6-4-12(5-7-13)20-19(26)21(31-30-20)18-14(2-1-3-15(18)24)22(34)29-17(16(25)11-33)10-32-27-8-9-28-32/h1-9,16-17,33H,10-11H2,(H,29,34)(H,30,31)/t16-,17-/m0/s1. The first-order valence-corrected chi connectivity index (χ1v) is 10.1. The number of halogens is 4. The number of amides is 1. The molecule has 0 radical (unpaired) electrons. The van der Waals surface area contributed by atoms with E-state index < -0.39 is 53.4 Å². The quantitative estimate of drug-likeness (QED) is 0.341. The second-order valence-electron chi connectivity index (χ2n) is 7.29. The molecule has 4 rings (SSSR count). The lowest BCUT2D eigenvalue weighted by Crippen LogP contribution is -2.46. The molecule has 2 atom stereocenters. The van der Waals surface area contributed by atoms with E-state index in [2.05, 4.69) is 25.7 Å². The molecule has 0 saturated heterocycles. The molecule has 2 aromatic heterocycles. The van der Waals surface area contributed by atoms with E-state index in [9.17, 15) is 23.1 Å². The molecule has 0 fully saturated rings. The van der Waals surface area contributed by atoms with Gasteiger partial charge in [0.05, 0.1) is 42.7 Å². The van der Waals surface area contributed by atoms with Crippen LogP contribution in [0.5, 0.6) is 0 Å². The number of H-pyrrole nitrogens is 1. The first kappa shape index (κ1) is 23.1. The fourth-order valence-electron chi connectivity index (χ4n) is 3.39. The minimum Gasteiger partial charge on any atom is -0.393 e. The highest BCUT2D eigenvalue weighted by atomic mass is 19.1. The van der Waals surface area contributed by atoms with Crippen LogP contribution >= 0.6 is 0 Å². The van der Waals surface area contributed by atoms with Gasteiger partial charge in [-0.05, 0) is 36.4 Å². The van der Waals surface area contributed by atoms with Gasteiger partial charge in [0, 0.05) is 5.56 Å². The van der Waals surface area contributed by atoms with Crippen LogP contribution in [0, 0.1) is 17.5 Å². The number of aliphatic hydroxyl groups excluding tert-OH is 1. The van der Waals surface area contributed by atoms with Gasteiger partial charge < -0.3 is 10.4 Å². The number of carbonyl (C=O) groups excluding carboxylic acids is 1. The second-order valence-corrected chi connectivity index (χ2v) is 7.29. The summed E-state index contributed by atoms with van der Waals surface area (Å²) in [5.41, 5.74) is -1.10. The van der Waals surface area contributed by atoms with Crippen LogP contribution in [0.3, 0.4) is 0 Å². The molecule has 0 aliphatic heterocycles. The van der Waals surface area contributed by atoms with Gasteiger partial charge in [-0.2, -0.15) is 20.1 Å². The van der Waals surface area contributed by atoms with Crippen molar-refractivity contribution in [3.63, 3.8) is 0 Å². The molecule has 4 aromatic rings. The number of carbonyl (C=O) groups is 1. The normalized spacial score (nSPS) is 13.0. The van der Waals surface area contributed by atoms with Crippen molar-refractivity contribution in [1.82, 2.24) is 30.5 Å². The molecule has 0 aliphatic carbocycles. The third-order valence-corrected chi connectivity index (χ3v) is 5.09. The van der Waals surface area contributed by atoms with Crippen LogP contribution in [0.25, 0.3) is 22.5 Å². The van der Waals surface area contributed by atoms with E-state index in [0.717, 1.165) is 23.0 Å². The molecule has 8 nitrogen and oxygen atoms in total. The molecular weight excluding hydrogens is 456 g/mol. The molecule has 0 bridgehead atoms. The number of nitrogens with one attached hydrogen (secondary N) is 2. The van der Waals surface area contributed by atoms with E-state index in [1.165, 1.54) is 36.7 Å². The first-order valence-electron chi connectivity index (χ1n) is 10.1. The Hall–Kier alpha value is -4.06. The molecule has 34 heavy (non-hydrogen) atoms. The molecular formula is C22H18F4N6O2. The number of nitrogens with zero attached hydrogens (tertiary/aromatic N) is 4. The van der Waals surface area contributed by atoms with E-state index in [-0.39, 0.29) is 23.4 Å². The topological polar surface area (TPSA) is 109 Å². The van der Waals surface area contributed by atoms with E-state index in [0.29, 0.717) is 0 Å². The average Bonchev–Trinajstić information content (AvgIpc) is 3.48. The van der Waals surface area contributed by atoms with E-state index in [1.807, 2.05) is 0 Å². The van der Waals surface area contributed by atoms with E-state index in [4.69, 9.17) is 0 Å². The molecule has 3 N–H and O–H groups in total. The van der Waals surface area contributed by atoms with Gasteiger partial charge in [0.25, 0.3) is 5.91 Å². The number of aliphatic hydroxyl groups is 1. The number of rotatable bonds is 8. The van der Waals surface area contributed by atoms with Crippen molar-refractivity contribution in [3.8, 4) is 22.5 Å². The van der Waals surface area contributed by atoms with Crippen molar-refractivity contribution >= 4 is 5.91 Å². The summed E-state index contributed by atoms with van der Waals surface area (Å²) in [5.74, 6) is -3.34. The van der Waals surface area contributed by atoms with Gasteiger partial charge in [0.2, 0.25) is 0 Å². The van der Waals surface area contributed by atoms with Crippen molar-refractivity contribution in [3.05, 3.63) is 77.9 Å². The number of hydrogen-bond acceptors (Lipinski definition) is 5. The summed E-state index contributed by atoms with van der Waals surface area (Å²) in [5, 5.41) is 25.6. The predicted molar refractivity (Wildman–Crippen MR) is 113 cm³/mol. The molecule has 12 heteroatoms. The molecule has 0 unspecified atom stereocenters. The summed E-state index contributed by atoms with van der Waals surface area (Å²) in [6.45, 7) is -1.10. The maximum atomic E-state index is 15.2. The van der Waals surface area contributed by atoms with Gasteiger partial charge in [-0.1, -0.05) is 6.07 Å². The van der Waals surface area contributed by atoms with Gasteiger partial charge in [0.15, 0.2) is 5.82 Å². The zero-order valence-electron chi connectivity index (χ0n) is 17.4. The van der Waals surface area contributed by atoms with E-state index >= 15 is 4.39 Å². The molecule has 1 amide bonds. The summed E-state index contributed by atoms with van der Waals surface area (Å²) in [7, 11) is 0. The molecule has 0 aliphatic rings. The van der Waals surface area contributed by atoms with E-state index in [1.54, 1.807) is 0 Å². The van der Waals surface area contributed by atoms with Gasteiger partial charge in [-0.3, -0.25) is 9.89 Å². The van der Waals surface area contributed by atoms with Crippen molar-refractivity contribution in [1.29, 1.82) is 0 Å². The maximum absolute atomic E-state index is 15.2. The van der Waals surface area contributed by atoms with Gasteiger partial charge in [-0.15, -0.1) is 0 Å². The zero-order chi connectivity index (χ0) is 24.2. The lowest BCUT2D eigenvalue weighted by atomic mass is 10.0. The second kappa shape index (κ2) is 9.83. The number of hydrogen-bond donors (Lipinski definition) is 3. The fourth-order valence-corrected chi connectivity index (χ4v) is 3.39. The third kappa shape index (κ3) is 4.66. The SMILES string of the molecule is O=C(N[C@@H](Cn1nccn1)[C@@H](F)CO)c1cccc(F)c1-c1n[nH]c(-c2ccc(F)cc2)c1F. The maximum Gasteiger partial charge on any atom is 0.252 e. The van der Waals surface area contributed by atoms with Gasteiger partial charge in [-0.25, -0.2) is 17.6 Å². The Morgan fingerprint density at radius 1 is 1.09 bits per heavy atom. The van der Waals surface area contributed by atoms with Crippen molar-refractivity contribution < 1.29 is 27.5 Å². The molecule has 176 valence electrons. The van der Waals surface area contributed by atoms with Crippen molar-refractivity contribution in [2.24, 2.45) is 0 Å². The molecule has 0 saturated carbocycles. The Balaban J connectivity index is 1.68. The van der Waals surface area contributed by atoms with Crippen molar-refractivity contribution in [2.45, 2.75) is 18.8 Å². The minimum atomic E-state index is -1.88. The van der Waals surface area contributed by atoms with Crippen LogP contribution in [0.15, 0.2) is 54.9 Å². The van der Waals surface area contributed by atoms with Gasteiger partial charge >= 0.3 is 0 Å². The Bertz CT molecular complexity index is 1280. The van der Waals surface area contributed by atoms with Crippen LogP contribution in [0.2, 0.25) is 0 Å². The van der Waals surface area contributed by atoms with Crippen LogP contribution < -0.4 is 5.32 Å². The van der Waals surface area contributed by atoms with Crippen LogP contribution in [-0.2, 0) is 6.54 Å². The Labute approximate surface area is 190 Å². The summed E-state index contributed by atoms with van der Waals surface area (Å²) < 4.78 is 57.6. The highest BCUT2D eigenvalue weighted by Crippen LogP contribution is 2.32. The third-order valence-electron chi connectivity index (χ3n) is 5.09. The van der Waals surface area contributed by atoms with Crippen LogP contribution in [-0.4, -0.2) is 55.0 Å². The largest absolute Gasteiger partial charge is 0.393 e. The minimum absolute atomic E-state index is 0.128. The highest BCUT2D eigenvalue weighted by Gasteiger charge is 2.28. The zero-order valence-corrected chi connectivity index (χ0v) is 17.4. The molecule has 2 heterocycles. The predicted octanol–water partition coefficient (Wildman–Crippen LogP) is 2.88. The monoisotopic (exact) mass is 474 g/mol. The fraction of sp³-hybridized carbons (Fsp3) is 0.182. The van der Waals surface area contributed by atoms with Crippen LogP contribution in [0.4, 0.5) is 17.6 Å². The number of aromatic amines is 1. The lowest BCUT2D eigenvalue weighted by Gasteiger charge is -2.21. The first-order chi connectivity index (χ1) is 16.4. The Morgan fingerprint density at radius 3 is 2.47 bits per heavy atom.